The van der Waals surface area contributed by atoms with Crippen LogP contribution in [-0.4, -0.2) is 57.4 Å². The lowest BCUT2D eigenvalue weighted by Crippen LogP contribution is -2.34. The van der Waals surface area contributed by atoms with Gasteiger partial charge in [-0.05, 0) is 6.92 Å². The first-order valence-corrected chi connectivity index (χ1v) is 6.82. The first kappa shape index (κ1) is 14.7. The van der Waals surface area contributed by atoms with E-state index < -0.39 is 5.79 Å². The van der Waals surface area contributed by atoms with Gasteiger partial charge < -0.3 is 24.3 Å². The molecule has 0 bridgehead atoms. The fourth-order valence-electron chi connectivity index (χ4n) is 2.10. The highest BCUT2D eigenvalue weighted by atomic mass is 16.7. The summed E-state index contributed by atoms with van der Waals surface area (Å²) in [4.78, 5) is 11.6. The van der Waals surface area contributed by atoms with Gasteiger partial charge in [0, 0.05) is 32.9 Å². The Morgan fingerprint density at radius 3 is 2.74 bits per heavy atom. The fraction of sp³-hybridized carbons (Fsp3) is 0.923. The van der Waals surface area contributed by atoms with Gasteiger partial charge in [-0.15, -0.1) is 0 Å². The highest BCUT2D eigenvalue weighted by Gasteiger charge is 2.38. The van der Waals surface area contributed by atoms with Crippen LogP contribution >= 0.6 is 0 Å². The molecule has 0 aromatic carbocycles. The van der Waals surface area contributed by atoms with E-state index in [0.29, 0.717) is 39.2 Å². The van der Waals surface area contributed by atoms with Gasteiger partial charge in [-0.3, -0.25) is 4.79 Å². The summed E-state index contributed by atoms with van der Waals surface area (Å²) >= 11 is 0. The van der Waals surface area contributed by atoms with E-state index >= 15 is 0 Å². The summed E-state index contributed by atoms with van der Waals surface area (Å²) in [5.74, 6) is -0.542. The molecule has 110 valence electrons. The molecule has 1 aliphatic carbocycles. The van der Waals surface area contributed by atoms with Crippen LogP contribution in [0.15, 0.2) is 0 Å². The smallest absolute Gasteiger partial charge is 0.222 e. The average molecular weight is 273 g/mol. The summed E-state index contributed by atoms with van der Waals surface area (Å²) in [5, 5.41) is 2.84. The molecule has 0 aromatic heterocycles. The Kier molecular flexibility index (Phi) is 5.15. The molecule has 1 amide bonds. The van der Waals surface area contributed by atoms with Crippen molar-refractivity contribution in [3.8, 4) is 0 Å². The van der Waals surface area contributed by atoms with E-state index in [1.165, 1.54) is 0 Å². The molecule has 2 atom stereocenters. The van der Waals surface area contributed by atoms with Crippen molar-refractivity contribution in [2.45, 2.75) is 44.2 Å². The summed E-state index contributed by atoms with van der Waals surface area (Å²) in [7, 11) is 1.68. The first-order valence-electron chi connectivity index (χ1n) is 6.82. The monoisotopic (exact) mass is 273 g/mol. The molecular weight excluding hydrogens is 250 g/mol. The third-order valence-electron chi connectivity index (χ3n) is 3.44. The zero-order chi connectivity index (χ0) is 13.7. The van der Waals surface area contributed by atoms with Crippen LogP contribution in [0.5, 0.6) is 0 Å². The molecule has 2 unspecified atom stereocenters. The van der Waals surface area contributed by atoms with E-state index in [1.54, 1.807) is 7.11 Å². The predicted octanol–water partition coefficient (Wildman–Crippen LogP) is 0.450. The van der Waals surface area contributed by atoms with Gasteiger partial charge in [-0.1, -0.05) is 0 Å². The van der Waals surface area contributed by atoms with Crippen LogP contribution in [0, 0.1) is 0 Å². The number of carbonyl (C=O) groups excluding carboxylic acids is 1. The van der Waals surface area contributed by atoms with E-state index in [1.807, 2.05) is 6.92 Å². The highest BCUT2D eigenvalue weighted by molar-refractivity contribution is 5.75. The maximum Gasteiger partial charge on any atom is 0.222 e. The minimum absolute atomic E-state index is 0.00351. The third-order valence-corrected chi connectivity index (χ3v) is 3.44. The Hall–Kier alpha value is -0.690. The normalized spacial score (nSPS) is 28.3. The number of hydrogen-bond donors (Lipinski definition) is 1. The van der Waals surface area contributed by atoms with Gasteiger partial charge >= 0.3 is 0 Å². The second kappa shape index (κ2) is 6.65. The van der Waals surface area contributed by atoms with Crippen molar-refractivity contribution < 1.29 is 23.7 Å². The van der Waals surface area contributed by atoms with Crippen LogP contribution in [-0.2, 0) is 23.7 Å². The second-order valence-electron chi connectivity index (χ2n) is 5.10. The topological polar surface area (TPSA) is 66.0 Å². The molecule has 1 saturated heterocycles. The molecule has 0 aromatic rings. The molecule has 2 fully saturated rings. The van der Waals surface area contributed by atoms with Crippen LogP contribution < -0.4 is 5.32 Å². The van der Waals surface area contributed by atoms with Crippen molar-refractivity contribution in [2.75, 3.05) is 33.5 Å². The van der Waals surface area contributed by atoms with E-state index in [9.17, 15) is 4.79 Å². The van der Waals surface area contributed by atoms with E-state index in [4.69, 9.17) is 18.9 Å². The molecule has 0 spiro atoms. The Bertz CT molecular complexity index is 303. The van der Waals surface area contributed by atoms with Crippen LogP contribution in [0.4, 0.5) is 0 Å². The molecule has 1 saturated carbocycles. The quantitative estimate of drug-likeness (QED) is 0.695. The van der Waals surface area contributed by atoms with Crippen LogP contribution in [0.2, 0.25) is 0 Å². The van der Waals surface area contributed by atoms with E-state index in [-0.39, 0.29) is 18.1 Å². The number of nitrogens with one attached hydrogen (secondary N) is 1. The lowest BCUT2D eigenvalue weighted by atomic mass is 10.2. The van der Waals surface area contributed by atoms with Gasteiger partial charge in [0.2, 0.25) is 5.91 Å². The summed E-state index contributed by atoms with van der Waals surface area (Å²) in [5.41, 5.74) is 0. The summed E-state index contributed by atoms with van der Waals surface area (Å²) in [6, 6.07) is 0. The average Bonchev–Trinajstić information content (AvgIpc) is 3.01. The van der Waals surface area contributed by atoms with Gasteiger partial charge in [0.05, 0.1) is 32.0 Å². The Balaban J connectivity index is 1.48. The molecular formula is C13H23NO5. The molecule has 6 heteroatoms. The number of hydrogen-bond acceptors (Lipinski definition) is 5. The highest BCUT2D eigenvalue weighted by Crippen LogP contribution is 2.28. The molecule has 6 nitrogen and oxygen atoms in total. The molecule has 1 aliphatic heterocycles. The van der Waals surface area contributed by atoms with Gasteiger partial charge in [0.1, 0.15) is 0 Å². The Morgan fingerprint density at radius 2 is 2.11 bits per heavy atom. The number of carbonyl (C=O) groups is 1. The molecule has 1 heterocycles. The lowest BCUT2D eigenvalue weighted by Gasteiger charge is -2.22. The molecule has 2 aliphatic rings. The number of rotatable bonds is 8. The van der Waals surface area contributed by atoms with Crippen molar-refractivity contribution >= 4 is 5.91 Å². The molecule has 0 radical (unpaired) electrons. The summed E-state index contributed by atoms with van der Waals surface area (Å²) < 4.78 is 21.5. The molecule has 1 N–H and O–H groups in total. The van der Waals surface area contributed by atoms with Crippen molar-refractivity contribution in [1.29, 1.82) is 0 Å². The molecule has 2 rings (SSSR count). The van der Waals surface area contributed by atoms with Gasteiger partial charge in [0.25, 0.3) is 0 Å². The summed E-state index contributed by atoms with van der Waals surface area (Å²) in [6.45, 7) is 4.15. The minimum atomic E-state index is -0.538. The van der Waals surface area contributed by atoms with Crippen LogP contribution in [0.25, 0.3) is 0 Å². The maximum atomic E-state index is 11.6. The Morgan fingerprint density at radius 1 is 1.37 bits per heavy atom. The minimum Gasteiger partial charge on any atom is -0.379 e. The number of ether oxygens (including phenoxy) is 4. The van der Waals surface area contributed by atoms with Crippen molar-refractivity contribution in [3.05, 3.63) is 0 Å². The second-order valence-corrected chi connectivity index (χ2v) is 5.10. The SMILES string of the molecule is COC1CC1OCCC(=O)NCCC1(C)OCCO1. The maximum absolute atomic E-state index is 11.6. The molecule has 19 heavy (non-hydrogen) atoms. The van der Waals surface area contributed by atoms with Gasteiger partial charge in [-0.2, -0.15) is 0 Å². The van der Waals surface area contributed by atoms with Crippen LogP contribution in [0.1, 0.15) is 26.2 Å². The van der Waals surface area contributed by atoms with Crippen molar-refractivity contribution in [2.24, 2.45) is 0 Å². The van der Waals surface area contributed by atoms with Crippen molar-refractivity contribution in [3.63, 3.8) is 0 Å². The van der Waals surface area contributed by atoms with Crippen molar-refractivity contribution in [1.82, 2.24) is 5.32 Å². The van der Waals surface area contributed by atoms with Gasteiger partial charge in [-0.25, -0.2) is 0 Å². The lowest BCUT2D eigenvalue weighted by molar-refractivity contribution is -0.146. The predicted molar refractivity (Wildman–Crippen MR) is 67.7 cm³/mol. The van der Waals surface area contributed by atoms with Gasteiger partial charge in [0.15, 0.2) is 5.79 Å². The van der Waals surface area contributed by atoms with Crippen LogP contribution in [0.3, 0.4) is 0 Å². The number of amides is 1. The third kappa shape index (κ3) is 4.72. The zero-order valence-corrected chi connectivity index (χ0v) is 11.6. The largest absolute Gasteiger partial charge is 0.379 e. The summed E-state index contributed by atoms with van der Waals surface area (Å²) in [6.07, 6.45) is 2.38. The number of methoxy groups -OCH3 is 1. The van der Waals surface area contributed by atoms with E-state index in [0.717, 1.165) is 6.42 Å². The zero-order valence-electron chi connectivity index (χ0n) is 11.6. The standard InChI is InChI=1S/C13H23NO5/c1-13(18-7-8-19-13)4-5-14-12(15)3-6-17-11-9-10(11)16-2/h10-11H,3-9H2,1-2H3,(H,14,15). The first-order chi connectivity index (χ1) is 9.13. The fourth-order valence-corrected chi connectivity index (χ4v) is 2.10. The van der Waals surface area contributed by atoms with E-state index in [2.05, 4.69) is 5.32 Å². The Labute approximate surface area is 113 Å².